The van der Waals surface area contributed by atoms with Crippen LogP contribution in [-0.4, -0.2) is 22.1 Å². The molecule has 2 N–H and O–H groups in total. The summed E-state index contributed by atoms with van der Waals surface area (Å²) in [5, 5.41) is 18.8. The van der Waals surface area contributed by atoms with Crippen molar-refractivity contribution in [1.82, 2.24) is 0 Å². The summed E-state index contributed by atoms with van der Waals surface area (Å²) in [5.41, 5.74) is 0. The number of thiol groups is 1. The van der Waals surface area contributed by atoms with E-state index in [0.29, 0.717) is 5.76 Å². The van der Waals surface area contributed by atoms with Crippen LogP contribution in [0.1, 0.15) is 24.5 Å². The highest BCUT2D eigenvalue weighted by Gasteiger charge is 2.19. The van der Waals surface area contributed by atoms with Crippen molar-refractivity contribution in [3.05, 3.63) is 23.7 Å². The van der Waals surface area contributed by atoms with E-state index in [1.807, 2.05) is 6.92 Å². The number of aliphatic hydroxyl groups excluding tert-OH is 2. The fourth-order valence-corrected chi connectivity index (χ4v) is 1.23. The van der Waals surface area contributed by atoms with E-state index in [1.54, 1.807) is 12.1 Å². The van der Waals surface area contributed by atoms with Gasteiger partial charge in [0.15, 0.2) is 0 Å². The van der Waals surface area contributed by atoms with E-state index in [4.69, 9.17) is 4.42 Å². The Morgan fingerprint density at radius 2 is 2.15 bits per heavy atom. The van der Waals surface area contributed by atoms with E-state index in [1.165, 1.54) is 0 Å². The molecule has 1 aromatic heterocycles. The first-order valence-corrected chi connectivity index (χ1v) is 4.87. The Hall–Kier alpha value is -0.450. The molecule has 0 aromatic carbocycles. The van der Waals surface area contributed by atoms with Gasteiger partial charge in [0.25, 0.3) is 0 Å². The van der Waals surface area contributed by atoms with Crippen LogP contribution in [0, 0.1) is 0 Å². The highest BCUT2D eigenvalue weighted by molar-refractivity contribution is 7.80. The zero-order chi connectivity index (χ0) is 9.84. The maximum absolute atomic E-state index is 9.51. The molecule has 0 radical (unpaired) electrons. The second-order valence-electron chi connectivity index (χ2n) is 2.85. The van der Waals surface area contributed by atoms with Crippen LogP contribution in [0.15, 0.2) is 16.5 Å². The first-order chi connectivity index (χ1) is 6.19. The van der Waals surface area contributed by atoms with Crippen molar-refractivity contribution >= 4 is 12.6 Å². The summed E-state index contributed by atoms with van der Waals surface area (Å²) in [6.07, 6.45) is -1.07. The number of hydrogen-bond acceptors (Lipinski definition) is 4. The fraction of sp³-hybridized carbons (Fsp3) is 0.556. The van der Waals surface area contributed by atoms with Crippen molar-refractivity contribution in [2.24, 2.45) is 0 Å². The molecule has 1 aromatic rings. The molecule has 3 nitrogen and oxygen atoms in total. The zero-order valence-corrected chi connectivity index (χ0v) is 8.37. The third-order valence-electron chi connectivity index (χ3n) is 1.87. The third-order valence-corrected chi connectivity index (χ3v) is 2.25. The molecule has 0 bridgehead atoms. The van der Waals surface area contributed by atoms with Gasteiger partial charge in [0, 0.05) is 12.2 Å². The quantitative estimate of drug-likeness (QED) is 0.642. The largest absolute Gasteiger partial charge is 0.463 e. The second kappa shape index (κ2) is 4.69. The molecule has 74 valence electrons. The summed E-state index contributed by atoms with van der Waals surface area (Å²) in [6.45, 7) is 1.96. The van der Waals surface area contributed by atoms with Crippen LogP contribution in [-0.2, 0) is 6.42 Å². The van der Waals surface area contributed by atoms with Crippen molar-refractivity contribution in [2.75, 3.05) is 5.75 Å². The van der Waals surface area contributed by atoms with Crippen molar-refractivity contribution in [3.63, 3.8) is 0 Å². The zero-order valence-electron chi connectivity index (χ0n) is 7.47. The summed E-state index contributed by atoms with van der Waals surface area (Å²) >= 11 is 3.88. The summed E-state index contributed by atoms with van der Waals surface area (Å²) in [6, 6.07) is 3.47. The molecule has 0 amide bonds. The molecule has 13 heavy (non-hydrogen) atoms. The molecular formula is C9H14O3S. The minimum absolute atomic E-state index is 0.212. The molecule has 2 atom stereocenters. The van der Waals surface area contributed by atoms with Gasteiger partial charge >= 0.3 is 0 Å². The first kappa shape index (κ1) is 10.6. The summed E-state index contributed by atoms with van der Waals surface area (Å²) in [4.78, 5) is 0. The average Bonchev–Trinajstić information content (AvgIpc) is 2.63. The van der Waals surface area contributed by atoms with Crippen LogP contribution < -0.4 is 0 Å². The molecule has 0 aliphatic rings. The number of hydrogen-bond donors (Lipinski definition) is 3. The van der Waals surface area contributed by atoms with Crippen LogP contribution in [0.2, 0.25) is 0 Å². The lowest BCUT2D eigenvalue weighted by Gasteiger charge is -2.12. The number of aryl methyl sites for hydroxylation is 1. The van der Waals surface area contributed by atoms with Crippen molar-refractivity contribution in [1.29, 1.82) is 0 Å². The van der Waals surface area contributed by atoms with Crippen LogP contribution >= 0.6 is 12.6 Å². The van der Waals surface area contributed by atoms with Crippen molar-refractivity contribution < 1.29 is 14.6 Å². The van der Waals surface area contributed by atoms with E-state index in [-0.39, 0.29) is 5.75 Å². The molecule has 0 aliphatic heterocycles. The molecule has 1 rings (SSSR count). The Balaban J connectivity index is 2.70. The molecule has 1 heterocycles. The first-order valence-electron chi connectivity index (χ1n) is 4.24. The van der Waals surface area contributed by atoms with Gasteiger partial charge in [0.05, 0.1) is 6.10 Å². The van der Waals surface area contributed by atoms with E-state index < -0.39 is 12.2 Å². The van der Waals surface area contributed by atoms with Gasteiger partial charge in [-0.3, -0.25) is 0 Å². The molecule has 0 aliphatic carbocycles. The molecule has 0 fully saturated rings. The van der Waals surface area contributed by atoms with Gasteiger partial charge in [-0.1, -0.05) is 6.92 Å². The maximum atomic E-state index is 9.51. The van der Waals surface area contributed by atoms with Gasteiger partial charge in [-0.2, -0.15) is 12.6 Å². The van der Waals surface area contributed by atoms with Crippen LogP contribution in [0.3, 0.4) is 0 Å². The van der Waals surface area contributed by atoms with Crippen LogP contribution in [0.25, 0.3) is 0 Å². The van der Waals surface area contributed by atoms with E-state index >= 15 is 0 Å². The number of rotatable bonds is 4. The smallest absolute Gasteiger partial charge is 0.138 e. The second-order valence-corrected chi connectivity index (χ2v) is 3.22. The molecule has 0 saturated carbocycles. The Morgan fingerprint density at radius 3 is 2.62 bits per heavy atom. The van der Waals surface area contributed by atoms with E-state index in [2.05, 4.69) is 12.6 Å². The topological polar surface area (TPSA) is 53.6 Å². The summed E-state index contributed by atoms with van der Waals surface area (Å²) in [5.74, 6) is 1.42. The van der Waals surface area contributed by atoms with Crippen LogP contribution in [0.4, 0.5) is 0 Å². The Morgan fingerprint density at radius 1 is 1.46 bits per heavy atom. The third kappa shape index (κ3) is 2.49. The molecule has 0 saturated heterocycles. The maximum Gasteiger partial charge on any atom is 0.138 e. The van der Waals surface area contributed by atoms with Gasteiger partial charge in [-0.15, -0.1) is 0 Å². The molecule has 4 heteroatoms. The van der Waals surface area contributed by atoms with Gasteiger partial charge < -0.3 is 14.6 Å². The highest BCUT2D eigenvalue weighted by Crippen LogP contribution is 2.20. The predicted octanol–water partition coefficient (Wildman–Crippen LogP) is 1.17. The van der Waals surface area contributed by atoms with E-state index in [9.17, 15) is 10.2 Å². The molecule has 2 unspecified atom stereocenters. The van der Waals surface area contributed by atoms with E-state index in [0.717, 1.165) is 12.2 Å². The van der Waals surface area contributed by atoms with Gasteiger partial charge in [0.1, 0.15) is 17.6 Å². The average molecular weight is 202 g/mol. The highest BCUT2D eigenvalue weighted by atomic mass is 32.1. The summed E-state index contributed by atoms with van der Waals surface area (Å²) in [7, 11) is 0. The lowest BCUT2D eigenvalue weighted by atomic mass is 10.2. The fourth-order valence-electron chi connectivity index (χ4n) is 1.03. The SMILES string of the molecule is CCc1ccc(C(O)C(O)CS)o1. The van der Waals surface area contributed by atoms with Crippen molar-refractivity contribution in [2.45, 2.75) is 25.6 Å². The Labute approximate surface area is 82.8 Å². The number of furan rings is 1. The lowest BCUT2D eigenvalue weighted by molar-refractivity contribution is 0.0193. The van der Waals surface area contributed by atoms with Crippen molar-refractivity contribution in [3.8, 4) is 0 Å². The lowest BCUT2D eigenvalue weighted by Crippen LogP contribution is -2.19. The minimum Gasteiger partial charge on any atom is -0.463 e. The molecular weight excluding hydrogens is 188 g/mol. The standard InChI is InChI=1S/C9H14O3S/c1-2-6-3-4-8(12-6)9(11)7(10)5-13/h3-4,7,9-11,13H,2,5H2,1H3. The predicted molar refractivity (Wildman–Crippen MR) is 52.9 cm³/mol. The Kier molecular flexibility index (Phi) is 3.84. The monoisotopic (exact) mass is 202 g/mol. The Bertz CT molecular complexity index is 259. The minimum atomic E-state index is -0.974. The number of aliphatic hydroxyl groups is 2. The van der Waals surface area contributed by atoms with Gasteiger partial charge in [-0.25, -0.2) is 0 Å². The van der Waals surface area contributed by atoms with Gasteiger partial charge in [-0.05, 0) is 12.1 Å². The van der Waals surface area contributed by atoms with Crippen LogP contribution in [0.5, 0.6) is 0 Å². The normalized spacial score (nSPS) is 15.7. The molecule has 0 spiro atoms. The summed E-state index contributed by atoms with van der Waals surface area (Å²) < 4.78 is 5.27. The van der Waals surface area contributed by atoms with Gasteiger partial charge in [0.2, 0.25) is 0 Å².